The van der Waals surface area contributed by atoms with Gasteiger partial charge in [-0.1, -0.05) is 54.6 Å². The van der Waals surface area contributed by atoms with Crippen molar-refractivity contribution in [2.45, 2.75) is 5.92 Å². The van der Waals surface area contributed by atoms with Crippen LogP contribution < -0.4 is 5.32 Å². The molecule has 10 nitrogen and oxygen atoms in total. The van der Waals surface area contributed by atoms with E-state index in [1.54, 1.807) is 0 Å². The summed E-state index contributed by atoms with van der Waals surface area (Å²) in [6, 6.07) is 16.0. The second-order valence-corrected chi connectivity index (χ2v) is 7.33. The minimum absolute atomic E-state index is 0.0149. The highest BCUT2D eigenvalue weighted by Crippen LogP contribution is 2.44. The summed E-state index contributed by atoms with van der Waals surface area (Å²) in [5.41, 5.74) is 4.39. The van der Waals surface area contributed by atoms with Gasteiger partial charge in [-0.15, -0.1) is 11.7 Å². The second-order valence-electron chi connectivity index (χ2n) is 7.33. The Hall–Kier alpha value is -4.47. The Balaban J connectivity index is 1.40. The van der Waals surface area contributed by atoms with Gasteiger partial charge in [0.2, 0.25) is 5.82 Å². The molecule has 0 unspecified atom stereocenters. The highest BCUT2D eigenvalue weighted by molar-refractivity contribution is 5.93. The molecule has 1 aliphatic carbocycles. The lowest BCUT2D eigenvalue weighted by Gasteiger charge is -2.16. The Morgan fingerprint density at radius 3 is 2.36 bits per heavy atom. The van der Waals surface area contributed by atoms with Gasteiger partial charge in [-0.2, -0.15) is 4.98 Å². The molecule has 0 spiro atoms. The Kier molecular flexibility index (Phi) is 6.16. The smallest absolute Gasteiger partial charge is 0.414 e. The number of H-pyrrole nitrogens is 1. The molecular formula is C23H21N5O5. The van der Waals surface area contributed by atoms with Gasteiger partial charge in [-0.05, 0) is 22.3 Å². The average Bonchev–Trinajstić information content (AvgIpc) is 3.39. The lowest BCUT2D eigenvalue weighted by molar-refractivity contribution is -0.137. The van der Waals surface area contributed by atoms with Crippen molar-refractivity contribution in [1.82, 2.24) is 20.1 Å². The predicted molar refractivity (Wildman–Crippen MR) is 119 cm³/mol. The normalized spacial score (nSPS) is 11.9. The molecule has 3 aromatic rings. The predicted octanol–water partition coefficient (Wildman–Crippen LogP) is 2.88. The van der Waals surface area contributed by atoms with E-state index in [9.17, 15) is 14.4 Å². The van der Waals surface area contributed by atoms with E-state index in [-0.39, 0.29) is 30.8 Å². The first-order chi connectivity index (χ1) is 16.0. The van der Waals surface area contributed by atoms with Crippen LogP contribution in [0.4, 0.5) is 10.7 Å². The summed E-state index contributed by atoms with van der Waals surface area (Å²) < 4.78 is 5.42. The van der Waals surface area contributed by atoms with Crippen molar-refractivity contribution in [2.75, 3.05) is 25.0 Å². The molecule has 0 saturated heterocycles. The van der Waals surface area contributed by atoms with Gasteiger partial charge < -0.3 is 14.7 Å². The lowest BCUT2D eigenvalue weighted by atomic mass is 9.98. The summed E-state index contributed by atoms with van der Waals surface area (Å²) >= 11 is 0. The van der Waals surface area contributed by atoms with Crippen molar-refractivity contribution in [3.8, 4) is 11.1 Å². The third kappa shape index (κ3) is 4.59. The Labute approximate surface area is 188 Å². The monoisotopic (exact) mass is 447 g/mol. The zero-order chi connectivity index (χ0) is 23.4. The summed E-state index contributed by atoms with van der Waals surface area (Å²) in [7, 11) is 0. The number of aromatic amines is 1. The molecule has 3 N–H and O–H groups in total. The first-order valence-corrected chi connectivity index (χ1v) is 10.1. The SMILES string of the molecule is C=CCN(CC(=O)O)C(=O)c1nc(NC(=O)OCC2c3ccccc3-c3ccccc32)n[nH]1. The van der Waals surface area contributed by atoms with Gasteiger partial charge in [0.05, 0.1) is 0 Å². The van der Waals surface area contributed by atoms with Crippen molar-refractivity contribution in [2.24, 2.45) is 0 Å². The minimum atomic E-state index is -1.18. The quantitative estimate of drug-likeness (QED) is 0.452. The molecular weight excluding hydrogens is 426 g/mol. The number of fused-ring (bicyclic) bond motifs is 3. The van der Waals surface area contributed by atoms with Crippen LogP contribution in [0, 0.1) is 0 Å². The molecule has 0 atom stereocenters. The van der Waals surface area contributed by atoms with Crippen LogP contribution in [-0.4, -0.2) is 62.9 Å². The number of hydrogen-bond donors (Lipinski definition) is 3. The largest absolute Gasteiger partial charge is 0.480 e. The fourth-order valence-electron chi connectivity index (χ4n) is 3.83. The number of anilines is 1. The maximum atomic E-state index is 12.4. The summed E-state index contributed by atoms with van der Waals surface area (Å²) in [5, 5.41) is 17.5. The van der Waals surface area contributed by atoms with E-state index in [1.165, 1.54) is 6.08 Å². The number of hydrogen-bond acceptors (Lipinski definition) is 6. The zero-order valence-corrected chi connectivity index (χ0v) is 17.5. The third-order valence-electron chi connectivity index (χ3n) is 5.21. The molecule has 1 heterocycles. The van der Waals surface area contributed by atoms with Crippen LogP contribution in [0.25, 0.3) is 11.1 Å². The van der Waals surface area contributed by atoms with Crippen LogP contribution in [0.15, 0.2) is 61.2 Å². The lowest BCUT2D eigenvalue weighted by Crippen LogP contribution is -2.36. The number of carboxylic acids is 1. The maximum absolute atomic E-state index is 12.4. The summed E-state index contributed by atoms with van der Waals surface area (Å²) in [4.78, 5) is 40.7. The molecule has 0 bridgehead atoms. The highest BCUT2D eigenvalue weighted by Gasteiger charge is 2.29. The van der Waals surface area contributed by atoms with Crippen molar-refractivity contribution >= 4 is 23.9 Å². The number of aromatic nitrogens is 3. The van der Waals surface area contributed by atoms with E-state index in [4.69, 9.17) is 9.84 Å². The number of carboxylic acid groups (broad SMARTS) is 1. The van der Waals surface area contributed by atoms with E-state index >= 15 is 0 Å². The van der Waals surface area contributed by atoms with Crippen LogP contribution >= 0.6 is 0 Å². The number of carbonyl (C=O) groups excluding carboxylic acids is 2. The average molecular weight is 447 g/mol. The van der Waals surface area contributed by atoms with Gasteiger partial charge in [0.25, 0.3) is 11.9 Å². The minimum Gasteiger partial charge on any atom is -0.480 e. The molecule has 168 valence electrons. The number of amides is 2. The van der Waals surface area contributed by atoms with Gasteiger partial charge in [-0.3, -0.25) is 20.0 Å². The Morgan fingerprint density at radius 1 is 1.12 bits per heavy atom. The van der Waals surface area contributed by atoms with Crippen LogP contribution in [0.1, 0.15) is 27.7 Å². The van der Waals surface area contributed by atoms with E-state index in [1.807, 2.05) is 48.5 Å². The third-order valence-corrected chi connectivity index (χ3v) is 5.21. The number of ether oxygens (including phenoxy) is 1. The fourth-order valence-corrected chi connectivity index (χ4v) is 3.83. The maximum Gasteiger partial charge on any atom is 0.414 e. The van der Waals surface area contributed by atoms with Gasteiger partial charge in [0.15, 0.2) is 0 Å². The van der Waals surface area contributed by atoms with Crippen LogP contribution in [0.5, 0.6) is 0 Å². The summed E-state index contributed by atoms with van der Waals surface area (Å²) in [6.45, 7) is 3.10. The van der Waals surface area contributed by atoms with Gasteiger partial charge in [-0.25, -0.2) is 4.79 Å². The van der Waals surface area contributed by atoms with Gasteiger partial charge in [0.1, 0.15) is 13.2 Å². The van der Waals surface area contributed by atoms with E-state index < -0.39 is 24.5 Å². The molecule has 0 radical (unpaired) electrons. The number of nitrogens with one attached hydrogen (secondary N) is 2. The van der Waals surface area contributed by atoms with Crippen molar-refractivity contribution < 1.29 is 24.2 Å². The Morgan fingerprint density at radius 2 is 1.76 bits per heavy atom. The van der Waals surface area contributed by atoms with E-state index in [0.717, 1.165) is 27.2 Å². The molecule has 2 amide bonds. The standard InChI is InChI=1S/C23H21N5O5/c1-2-11-28(12-19(29)30)21(31)20-24-22(27-26-20)25-23(32)33-13-18-16-9-5-3-7-14(16)15-8-4-6-10-17(15)18/h2-10,18H,1,11-13H2,(H,29,30)(H2,24,25,26,27,32). The fraction of sp³-hybridized carbons (Fsp3) is 0.174. The molecule has 0 aliphatic heterocycles. The topological polar surface area (TPSA) is 138 Å². The van der Waals surface area contributed by atoms with Gasteiger partial charge in [0, 0.05) is 12.5 Å². The van der Waals surface area contributed by atoms with Gasteiger partial charge >= 0.3 is 12.1 Å². The Bertz CT molecular complexity index is 1180. The van der Waals surface area contributed by atoms with Crippen molar-refractivity contribution in [1.29, 1.82) is 0 Å². The highest BCUT2D eigenvalue weighted by atomic mass is 16.5. The summed E-state index contributed by atoms with van der Waals surface area (Å²) in [6.07, 6.45) is 0.621. The number of carbonyl (C=O) groups is 3. The number of aliphatic carboxylic acids is 1. The molecule has 4 rings (SSSR count). The van der Waals surface area contributed by atoms with Crippen molar-refractivity contribution in [3.63, 3.8) is 0 Å². The van der Waals surface area contributed by atoms with E-state index in [2.05, 4.69) is 27.1 Å². The number of benzene rings is 2. The molecule has 2 aromatic carbocycles. The number of nitrogens with zero attached hydrogens (tertiary/aromatic N) is 3. The number of rotatable bonds is 8. The zero-order valence-electron chi connectivity index (χ0n) is 17.5. The first kappa shape index (κ1) is 21.8. The van der Waals surface area contributed by atoms with Crippen molar-refractivity contribution in [3.05, 3.63) is 78.1 Å². The molecule has 1 aromatic heterocycles. The molecule has 1 aliphatic rings. The van der Waals surface area contributed by atoms with Crippen LogP contribution in [-0.2, 0) is 9.53 Å². The second kappa shape index (κ2) is 9.35. The molecule has 0 fully saturated rings. The molecule has 10 heteroatoms. The van der Waals surface area contributed by atoms with Crippen LogP contribution in [0.3, 0.4) is 0 Å². The van der Waals surface area contributed by atoms with E-state index in [0.29, 0.717) is 0 Å². The first-order valence-electron chi connectivity index (χ1n) is 10.1. The van der Waals surface area contributed by atoms with Crippen LogP contribution in [0.2, 0.25) is 0 Å². The molecule has 0 saturated carbocycles. The summed E-state index contributed by atoms with van der Waals surface area (Å²) in [5.74, 6) is -2.35. The molecule has 33 heavy (non-hydrogen) atoms.